The van der Waals surface area contributed by atoms with E-state index >= 15 is 0 Å². The first-order valence-corrected chi connectivity index (χ1v) is 7.84. The van der Waals surface area contributed by atoms with Crippen LogP contribution in [0.5, 0.6) is 0 Å². The van der Waals surface area contributed by atoms with Crippen molar-refractivity contribution >= 4 is 33.3 Å². The lowest BCUT2D eigenvalue weighted by molar-refractivity contribution is -0.130. The summed E-state index contributed by atoms with van der Waals surface area (Å²) in [6.07, 6.45) is 5.02. The average Bonchev–Trinajstić information content (AvgIpc) is 2.88. The number of carbonyl (C=O) groups excluding carboxylic acids is 1. The second-order valence-electron chi connectivity index (χ2n) is 5.11. The number of hydrogen-bond donors (Lipinski definition) is 1. The van der Waals surface area contributed by atoms with Gasteiger partial charge in [0.05, 0.1) is 16.8 Å². The van der Waals surface area contributed by atoms with Gasteiger partial charge in [-0.25, -0.2) is 9.97 Å². The molecular formula is C14H18N4OS. The van der Waals surface area contributed by atoms with E-state index in [2.05, 4.69) is 20.7 Å². The molecule has 2 aromatic rings. The predicted octanol–water partition coefficient (Wildman–Crippen LogP) is 2.42. The molecule has 3 rings (SSSR count). The number of nitrogens with one attached hydrogen (secondary N) is 1. The van der Waals surface area contributed by atoms with Crippen molar-refractivity contribution in [1.29, 1.82) is 0 Å². The number of aromatic nitrogens is 2. The first-order chi connectivity index (χ1) is 9.75. The van der Waals surface area contributed by atoms with Gasteiger partial charge in [-0.2, -0.15) is 0 Å². The quantitative estimate of drug-likeness (QED) is 0.943. The summed E-state index contributed by atoms with van der Waals surface area (Å²) >= 11 is 1.62. The summed E-state index contributed by atoms with van der Waals surface area (Å²) in [6, 6.07) is 0. The lowest BCUT2D eigenvalue weighted by Crippen LogP contribution is -2.39. The van der Waals surface area contributed by atoms with E-state index in [4.69, 9.17) is 0 Å². The van der Waals surface area contributed by atoms with Crippen LogP contribution in [0, 0.1) is 6.92 Å². The fraction of sp³-hybridized carbons (Fsp3) is 0.500. The van der Waals surface area contributed by atoms with Crippen molar-refractivity contribution in [1.82, 2.24) is 14.9 Å². The van der Waals surface area contributed by atoms with Crippen LogP contribution in [0.3, 0.4) is 0 Å². The summed E-state index contributed by atoms with van der Waals surface area (Å²) in [5, 5.41) is 5.23. The second-order valence-corrected chi connectivity index (χ2v) is 5.99. The maximum Gasteiger partial charge on any atom is 0.241 e. The van der Waals surface area contributed by atoms with Crippen LogP contribution in [0.25, 0.3) is 10.2 Å². The highest BCUT2D eigenvalue weighted by atomic mass is 32.1. The Hall–Kier alpha value is -1.69. The summed E-state index contributed by atoms with van der Waals surface area (Å²) < 4.78 is 1.02. The summed E-state index contributed by atoms with van der Waals surface area (Å²) in [5.41, 5.74) is 2.12. The molecule has 0 spiro atoms. The number of carbonyl (C=O) groups is 1. The van der Waals surface area contributed by atoms with Crippen molar-refractivity contribution in [3.05, 3.63) is 17.3 Å². The molecule has 1 aliphatic heterocycles. The first-order valence-electron chi connectivity index (χ1n) is 6.96. The van der Waals surface area contributed by atoms with Crippen LogP contribution >= 0.6 is 11.3 Å². The Bertz CT molecular complexity index is 619. The second kappa shape index (κ2) is 5.75. The summed E-state index contributed by atoms with van der Waals surface area (Å²) in [5.74, 6) is 0.920. The van der Waals surface area contributed by atoms with Crippen LogP contribution in [0.1, 0.15) is 24.8 Å². The van der Waals surface area contributed by atoms with Crippen molar-refractivity contribution < 1.29 is 4.79 Å². The SMILES string of the molecule is Cc1csc2c(NCC(=O)N3CCCCC3)ncnc12. The van der Waals surface area contributed by atoms with Gasteiger partial charge in [0.25, 0.3) is 0 Å². The maximum atomic E-state index is 12.1. The van der Waals surface area contributed by atoms with Crippen LogP contribution < -0.4 is 5.32 Å². The molecule has 0 aliphatic carbocycles. The van der Waals surface area contributed by atoms with Gasteiger partial charge in [0.15, 0.2) is 0 Å². The highest BCUT2D eigenvalue weighted by Gasteiger charge is 2.16. The van der Waals surface area contributed by atoms with Crippen LogP contribution in [0.15, 0.2) is 11.7 Å². The molecule has 20 heavy (non-hydrogen) atoms. The Morgan fingerprint density at radius 3 is 2.95 bits per heavy atom. The number of rotatable bonds is 3. The van der Waals surface area contributed by atoms with Gasteiger partial charge in [0.2, 0.25) is 5.91 Å². The maximum absolute atomic E-state index is 12.1. The van der Waals surface area contributed by atoms with Crippen molar-refractivity contribution in [2.75, 3.05) is 25.0 Å². The third kappa shape index (κ3) is 2.60. The molecule has 1 saturated heterocycles. The van der Waals surface area contributed by atoms with Crippen molar-refractivity contribution in [2.45, 2.75) is 26.2 Å². The molecule has 1 N–H and O–H groups in total. The monoisotopic (exact) mass is 290 g/mol. The number of aryl methyl sites for hydroxylation is 1. The minimum absolute atomic E-state index is 0.157. The zero-order valence-electron chi connectivity index (χ0n) is 11.6. The van der Waals surface area contributed by atoms with Gasteiger partial charge in [0, 0.05) is 13.1 Å². The number of anilines is 1. The molecule has 106 valence electrons. The van der Waals surface area contributed by atoms with Crippen LogP contribution in [-0.2, 0) is 4.79 Å². The van der Waals surface area contributed by atoms with Gasteiger partial charge >= 0.3 is 0 Å². The average molecular weight is 290 g/mol. The molecule has 0 radical (unpaired) electrons. The van der Waals surface area contributed by atoms with Gasteiger partial charge in [0.1, 0.15) is 12.1 Å². The molecule has 0 saturated carbocycles. The molecule has 0 bridgehead atoms. The number of likely N-dealkylation sites (tertiary alicyclic amines) is 1. The minimum atomic E-state index is 0.157. The topological polar surface area (TPSA) is 58.1 Å². The predicted molar refractivity (Wildman–Crippen MR) is 81.1 cm³/mol. The van der Waals surface area contributed by atoms with Crippen LogP contribution in [0.2, 0.25) is 0 Å². The number of amides is 1. The van der Waals surface area contributed by atoms with E-state index in [1.165, 1.54) is 6.42 Å². The molecular weight excluding hydrogens is 272 g/mol. The molecule has 1 amide bonds. The fourth-order valence-corrected chi connectivity index (χ4v) is 3.48. The van der Waals surface area contributed by atoms with Gasteiger partial charge in [-0.1, -0.05) is 0 Å². The van der Waals surface area contributed by atoms with Crippen LogP contribution in [-0.4, -0.2) is 40.4 Å². The van der Waals surface area contributed by atoms with E-state index in [0.29, 0.717) is 6.54 Å². The molecule has 0 atom stereocenters. The highest BCUT2D eigenvalue weighted by Crippen LogP contribution is 2.28. The number of nitrogens with zero attached hydrogens (tertiary/aromatic N) is 3. The Labute approximate surface area is 122 Å². The molecule has 0 unspecified atom stereocenters. The fourth-order valence-electron chi connectivity index (χ4n) is 2.51. The molecule has 5 nitrogen and oxygen atoms in total. The third-order valence-electron chi connectivity index (χ3n) is 3.65. The van der Waals surface area contributed by atoms with Crippen molar-refractivity contribution in [3.8, 4) is 0 Å². The number of fused-ring (bicyclic) bond motifs is 1. The minimum Gasteiger partial charge on any atom is -0.360 e. The molecule has 3 heterocycles. The zero-order chi connectivity index (χ0) is 13.9. The van der Waals surface area contributed by atoms with Gasteiger partial charge in [-0.3, -0.25) is 4.79 Å². The van der Waals surface area contributed by atoms with Gasteiger partial charge in [-0.15, -0.1) is 11.3 Å². The van der Waals surface area contributed by atoms with E-state index in [1.807, 2.05) is 11.8 Å². The van der Waals surface area contributed by atoms with E-state index in [-0.39, 0.29) is 5.91 Å². The standard InChI is InChI=1S/C14H18N4OS/c1-10-8-20-13-12(10)16-9-17-14(13)15-7-11(19)18-5-3-2-4-6-18/h8-9H,2-7H2,1H3,(H,15,16,17). The molecule has 0 aromatic carbocycles. The number of thiophene rings is 1. The van der Waals surface area contributed by atoms with Crippen molar-refractivity contribution in [2.24, 2.45) is 0 Å². The lowest BCUT2D eigenvalue weighted by Gasteiger charge is -2.26. The van der Waals surface area contributed by atoms with E-state index < -0.39 is 0 Å². The Kier molecular flexibility index (Phi) is 3.82. The van der Waals surface area contributed by atoms with E-state index in [1.54, 1.807) is 17.7 Å². The van der Waals surface area contributed by atoms with Crippen molar-refractivity contribution in [3.63, 3.8) is 0 Å². The molecule has 2 aromatic heterocycles. The zero-order valence-corrected chi connectivity index (χ0v) is 12.4. The smallest absolute Gasteiger partial charge is 0.241 e. The Balaban J connectivity index is 1.69. The number of piperidine rings is 1. The summed E-state index contributed by atoms with van der Waals surface area (Å²) in [6.45, 7) is 4.12. The third-order valence-corrected chi connectivity index (χ3v) is 4.74. The highest BCUT2D eigenvalue weighted by molar-refractivity contribution is 7.18. The van der Waals surface area contributed by atoms with E-state index in [0.717, 1.165) is 47.5 Å². The lowest BCUT2D eigenvalue weighted by atomic mass is 10.1. The normalized spacial score (nSPS) is 15.6. The Morgan fingerprint density at radius 1 is 1.35 bits per heavy atom. The van der Waals surface area contributed by atoms with E-state index in [9.17, 15) is 4.79 Å². The van der Waals surface area contributed by atoms with Gasteiger partial charge < -0.3 is 10.2 Å². The first kappa shape index (κ1) is 13.3. The largest absolute Gasteiger partial charge is 0.360 e. The molecule has 6 heteroatoms. The van der Waals surface area contributed by atoms with Crippen LogP contribution in [0.4, 0.5) is 5.82 Å². The Morgan fingerprint density at radius 2 is 2.15 bits per heavy atom. The molecule has 1 fully saturated rings. The summed E-state index contributed by atoms with van der Waals surface area (Å²) in [7, 11) is 0. The molecule has 1 aliphatic rings. The van der Waals surface area contributed by atoms with Gasteiger partial charge in [-0.05, 0) is 37.1 Å². The summed E-state index contributed by atoms with van der Waals surface area (Å²) in [4.78, 5) is 22.6. The number of hydrogen-bond acceptors (Lipinski definition) is 5.